The summed E-state index contributed by atoms with van der Waals surface area (Å²) in [5.41, 5.74) is 8.43. The van der Waals surface area contributed by atoms with Gasteiger partial charge in [0.05, 0.1) is 21.3 Å². The minimum absolute atomic E-state index is 0.192. The van der Waals surface area contributed by atoms with Crippen molar-refractivity contribution in [3.05, 3.63) is 45.3 Å². The molecule has 4 bridgehead atoms. The number of nitrogen functional groups attached to an aromatic ring is 1. The minimum atomic E-state index is -0.192. The first kappa shape index (κ1) is 19.1. The lowest BCUT2D eigenvalue weighted by Gasteiger charge is -2.55. The van der Waals surface area contributed by atoms with E-state index in [9.17, 15) is 4.79 Å². The lowest BCUT2D eigenvalue weighted by atomic mass is 9.48. The van der Waals surface area contributed by atoms with Gasteiger partial charge in [-0.3, -0.25) is 4.79 Å². The van der Waals surface area contributed by atoms with E-state index in [2.05, 4.69) is 0 Å². The van der Waals surface area contributed by atoms with Gasteiger partial charge in [0, 0.05) is 21.4 Å². The van der Waals surface area contributed by atoms with Crippen LogP contribution in [0.25, 0.3) is 21.5 Å². The number of rotatable bonds is 3. The van der Waals surface area contributed by atoms with Gasteiger partial charge in [-0.2, -0.15) is 0 Å². The summed E-state index contributed by atoms with van der Waals surface area (Å²) in [5.74, 6) is 2.45. The van der Waals surface area contributed by atoms with Crippen LogP contribution in [-0.4, -0.2) is 10.8 Å². The van der Waals surface area contributed by atoms with E-state index in [0.29, 0.717) is 20.6 Å². The van der Waals surface area contributed by atoms with Crippen LogP contribution in [0.15, 0.2) is 30.3 Å². The number of carbonyl (C=O) groups is 1. The third kappa shape index (κ3) is 2.84. The van der Waals surface area contributed by atoms with Crippen LogP contribution in [0.3, 0.4) is 0 Å². The zero-order valence-electron chi connectivity index (χ0n) is 16.5. The molecule has 0 aliphatic heterocycles. The molecule has 2 heterocycles. The van der Waals surface area contributed by atoms with Crippen LogP contribution in [0.2, 0.25) is 10.0 Å². The maximum Gasteiger partial charge on any atom is 0.181 e. The third-order valence-corrected chi connectivity index (χ3v) is 9.20. The molecule has 3 nitrogen and oxygen atoms in total. The number of thiophene rings is 1. The molecule has 0 atom stereocenters. The number of nitrogens with zero attached hydrogens (tertiary/aromatic N) is 1. The summed E-state index contributed by atoms with van der Waals surface area (Å²) in [7, 11) is 0. The molecule has 3 aromatic rings. The van der Waals surface area contributed by atoms with Crippen molar-refractivity contribution < 1.29 is 4.79 Å². The van der Waals surface area contributed by atoms with E-state index < -0.39 is 0 Å². The molecular weight excluding hydrogens is 435 g/mol. The van der Waals surface area contributed by atoms with E-state index in [0.717, 1.165) is 58.5 Å². The molecule has 0 amide bonds. The smallest absolute Gasteiger partial charge is 0.181 e. The minimum Gasteiger partial charge on any atom is -0.397 e. The van der Waals surface area contributed by atoms with Crippen molar-refractivity contribution in [2.75, 3.05) is 5.73 Å². The molecule has 1 aromatic carbocycles. The van der Waals surface area contributed by atoms with Crippen molar-refractivity contribution >= 4 is 56.2 Å². The van der Waals surface area contributed by atoms with E-state index in [1.807, 2.05) is 18.2 Å². The highest BCUT2D eigenvalue weighted by Gasteiger charge is 2.55. The van der Waals surface area contributed by atoms with Gasteiger partial charge in [-0.25, -0.2) is 4.98 Å². The molecule has 0 unspecified atom stereocenters. The molecule has 0 saturated heterocycles. The van der Waals surface area contributed by atoms with E-state index in [4.69, 9.17) is 33.9 Å². The second-order valence-corrected chi connectivity index (χ2v) is 11.4. The van der Waals surface area contributed by atoms with Crippen molar-refractivity contribution in [2.45, 2.75) is 38.5 Å². The number of pyridine rings is 1. The van der Waals surface area contributed by atoms with E-state index in [1.165, 1.54) is 30.6 Å². The largest absolute Gasteiger partial charge is 0.397 e. The second kappa shape index (κ2) is 6.69. The summed E-state index contributed by atoms with van der Waals surface area (Å²) in [6, 6.07) is 9.21. The molecule has 0 radical (unpaired) electrons. The molecular formula is C24H22Cl2N2OS. The van der Waals surface area contributed by atoms with E-state index >= 15 is 0 Å². The van der Waals surface area contributed by atoms with Crippen LogP contribution in [0, 0.1) is 23.2 Å². The Balaban J connectivity index is 1.41. The summed E-state index contributed by atoms with van der Waals surface area (Å²) < 4.78 is 0. The standard InChI is InChI=1S/C24H22Cl2N2OS/c25-15-1-3-18(26)17(8-15)19-4-2-16-20(27)21(30-23(16)28-19)22(29)24-9-12-5-13(10-24)7-14(6-12)11-24/h1-4,8,12-14H,5-7,9-11,27H2. The monoisotopic (exact) mass is 456 g/mol. The quantitative estimate of drug-likeness (QED) is 0.422. The van der Waals surface area contributed by atoms with Crippen molar-refractivity contribution in [1.82, 2.24) is 4.98 Å². The molecule has 0 spiro atoms. The fraction of sp³-hybridized carbons (Fsp3) is 0.417. The molecule has 2 aromatic heterocycles. The Labute approximate surface area is 189 Å². The van der Waals surface area contributed by atoms with Gasteiger partial charge in [0.1, 0.15) is 4.83 Å². The average molecular weight is 457 g/mol. The Morgan fingerprint density at radius 3 is 2.37 bits per heavy atom. The lowest BCUT2D eigenvalue weighted by molar-refractivity contribution is -0.0350. The summed E-state index contributed by atoms with van der Waals surface area (Å²) in [5, 5.41) is 2.07. The number of fused-ring (bicyclic) bond motifs is 1. The maximum absolute atomic E-state index is 13.8. The lowest BCUT2D eigenvalue weighted by Crippen LogP contribution is -2.49. The zero-order chi connectivity index (χ0) is 20.6. The van der Waals surface area contributed by atoms with Crippen LogP contribution in [-0.2, 0) is 0 Å². The first-order chi connectivity index (χ1) is 14.4. The van der Waals surface area contributed by atoms with Crippen molar-refractivity contribution in [3.63, 3.8) is 0 Å². The Bertz CT molecular complexity index is 1170. The van der Waals surface area contributed by atoms with E-state index in [1.54, 1.807) is 12.1 Å². The molecule has 2 N–H and O–H groups in total. The van der Waals surface area contributed by atoms with Crippen molar-refractivity contribution in [1.29, 1.82) is 0 Å². The number of halogens is 2. The Morgan fingerprint density at radius 1 is 1.03 bits per heavy atom. The molecule has 4 aliphatic rings. The first-order valence-electron chi connectivity index (χ1n) is 10.6. The number of ketones is 1. The summed E-state index contributed by atoms with van der Waals surface area (Å²) in [4.78, 5) is 20.1. The van der Waals surface area contributed by atoms with Crippen LogP contribution < -0.4 is 5.73 Å². The van der Waals surface area contributed by atoms with E-state index in [-0.39, 0.29) is 11.2 Å². The number of benzene rings is 1. The van der Waals surface area contributed by atoms with Gasteiger partial charge in [0.2, 0.25) is 0 Å². The summed E-state index contributed by atoms with van der Waals surface area (Å²) in [6.07, 6.45) is 7.09. The number of anilines is 1. The van der Waals surface area contributed by atoms with Gasteiger partial charge in [0.15, 0.2) is 5.78 Å². The number of aromatic nitrogens is 1. The average Bonchev–Trinajstić information content (AvgIpc) is 3.04. The van der Waals surface area contributed by atoms with Crippen LogP contribution in [0.5, 0.6) is 0 Å². The predicted octanol–water partition coefficient (Wildman–Crippen LogP) is 7.25. The normalized spacial score (nSPS) is 29.6. The number of hydrogen-bond donors (Lipinski definition) is 1. The predicted molar refractivity (Wildman–Crippen MR) is 124 cm³/mol. The fourth-order valence-electron chi connectivity index (χ4n) is 6.64. The van der Waals surface area contributed by atoms with Crippen molar-refractivity contribution in [3.8, 4) is 11.3 Å². The highest BCUT2D eigenvalue weighted by molar-refractivity contribution is 7.21. The first-order valence-corrected chi connectivity index (χ1v) is 12.2. The molecule has 30 heavy (non-hydrogen) atoms. The maximum atomic E-state index is 13.8. The Morgan fingerprint density at radius 2 is 1.70 bits per heavy atom. The topological polar surface area (TPSA) is 56.0 Å². The molecule has 4 fully saturated rings. The fourth-order valence-corrected chi connectivity index (χ4v) is 8.18. The van der Waals surface area contributed by atoms with Crippen LogP contribution >= 0.6 is 34.5 Å². The van der Waals surface area contributed by atoms with Crippen LogP contribution in [0.1, 0.15) is 48.2 Å². The molecule has 7 rings (SSSR count). The highest BCUT2D eigenvalue weighted by atomic mass is 35.5. The summed E-state index contributed by atoms with van der Waals surface area (Å²) in [6.45, 7) is 0. The number of carbonyl (C=O) groups excluding carboxylic acids is 1. The number of hydrogen-bond acceptors (Lipinski definition) is 4. The SMILES string of the molecule is Nc1c(C(=O)C23CC4CC(CC(C4)C2)C3)sc2nc(-c3cc(Cl)ccc3Cl)ccc12. The van der Waals surface area contributed by atoms with Gasteiger partial charge < -0.3 is 5.73 Å². The highest BCUT2D eigenvalue weighted by Crippen LogP contribution is 2.61. The molecule has 154 valence electrons. The van der Waals surface area contributed by atoms with Crippen LogP contribution in [0.4, 0.5) is 5.69 Å². The van der Waals surface area contributed by atoms with Gasteiger partial charge in [-0.05, 0) is 86.6 Å². The van der Waals surface area contributed by atoms with Gasteiger partial charge >= 0.3 is 0 Å². The number of nitrogens with two attached hydrogens (primary N) is 1. The second-order valence-electron chi connectivity index (χ2n) is 9.55. The van der Waals surface area contributed by atoms with Crippen molar-refractivity contribution in [2.24, 2.45) is 23.2 Å². The zero-order valence-corrected chi connectivity index (χ0v) is 18.8. The molecule has 4 saturated carbocycles. The molecule has 6 heteroatoms. The summed E-state index contributed by atoms with van der Waals surface area (Å²) >= 11 is 14.0. The Hall–Kier alpha value is -1.62. The van der Waals surface area contributed by atoms with Gasteiger partial charge in [-0.1, -0.05) is 23.2 Å². The molecule has 4 aliphatic carbocycles. The number of Topliss-reactive ketones (excluding diaryl/α,β-unsaturated/α-hetero) is 1. The van der Waals surface area contributed by atoms with Gasteiger partial charge in [0.25, 0.3) is 0 Å². The van der Waals surface area contributed by atoms with Gasteiger partial charge in [-0.15, -0.1) is 11.3 Å². The Kier molecular flexibility index (Phi) is 4.26. The third-order valence-electron chi connectivity index (χ3n) is 7.52.